The van der Waals surface area contributed by atoms with Crippen LogP contribution < -0.4 is 10.7 Å². The van der Waals surface area contributed by atoms with E-state index in [-0.39, 0.29) is 23.3 Å². The van der Waals surface area contributed by atoms with Crippen LogP contribution >= 0.6 is 0 Å². The second-order valence-electron chi connectivity index (χ2n) is 5.73. The molecule has 0 aliphatic heterocycles. The van der Waals surface area contributed by atoms with Crippen LogP contribution in [0, 0.1) is 12.7 Å². The van der Waals surface area contributed by atoms with Crippen molar-refractivity contribution in [1.29, 1.82) is 0 Å². The number of benzene rings is 2. The quantitative estimate of drug-likeness (QED) is 0.802. The third-order valence-corrected chi connectivity index (χ3v) is 3.86. The summed E-state index contributed by atoms with van der Waals surface area (Å²) in [4.78, 5) is 24.0. The van der Waals surface area contributed by atoms with Gasteiger partial charge in [0.25, 0.3) is 0 Å². The van der Waals surface area contributed by atoms with E-state index in [1.807, 2.05) is 31.2 Å². The maximum Gasteiger partial charge on any atom is 0.240 e. The van der Waals surface area contributed by atoms with E-state index in [1.54, 1.807) is 10.8 Å². The molecule has 24 heavy (non-hydrogen) atoms. The van der Waals surface area contributed by atoms with Crippen LogP contribution in [0.5, 0.6) is 0 Å². The lowest BCUT2D eigenvalue weighted by molar-refractivity contribution is -0.121. The second kappa shape index (κ2) is 6.66. The number of carbonyl (C=O) groups excluding carboxylic acids is 1. The highest BCUT2D eigenvalue weighted by Crippen LogP contribution is 2.12. The van der Waals surface area contributed by atoms with E-state index in [0.29, 0.717) is 12.1 Å². The molecule has 0 unspecified atom stereocenters. The largest absolute Gasteiger partial charge is 0.350 e. The van der Waals surface area contributed by atoms with Crippen LogP contribution in [0.3, 0.4) is 0 Å². The number of aryl methyl sites for hydroxylation is 1. The minimum Gasteiger partial charge on any atom is -0.350 e. The average Bonchev–Trinajstić information content (AvgIpc) is 2.57. The summed E-state index contributed by atoms with van der Waals surface area (Å²) < 4.78 is 15.0. The maximum atomic E-state index is 13.3. The van der Waals surface area contributed by atoms with Crippen LogP contribution in [0.15, 0.2) is 59.5 Å². The Hall–Kier alpha value is -2.95. The number of nitrogens with one attached hydrogen (secondary N) is 1. The van der Waals surface area contributed by atoms with Gasteiger partial charge in [-0.15, -0.1) is 0 Å². The number of rotatable bonds is 4. The Kier molecular flexibility index (Phi) is 4.42. The first-order chi connectivity index (χ1) is 11.5. The molecule has 5 heteroatoms. The van der Waals surface area contributed by atoms with Gasteiger partial charge in [-0.2, -0.15) is 0 Å². The van der Waals surface area contributed by atoms with Gasteiger partial charge in [0, 0.05) is 24.2 Å². The number of hydrogen-bond acceptors (Lipinski definition) is 2. The zero-order valence-electron chi connectivity index (χ0n) is 13.3. The number of carbonyl (C=O) groups is 1. The number of halogens is 1. The Morgan fingerprint density at radius 3 is 2.62 bits per heavy atom. The van der Waals surface area contributed by atoms with Gasteiger partial charge in [-0.25, -0.2) is 4.39 Å². The average molecular weight is 324 g/mol. The Labute approximate surface area is 138 Å². The molecule has 1 heterocycles. The second-order valence-corrected chi connectivity index (χ2v) is 5.73. The first-order valence-corrected chi connectivity index (χ1v) is 7.64. The van der Waals surface area contributed by atoms with Crippen molar-refractivity contribution in [3.8, 4) is 0 Å². The molecule has 0 radical (unpaired) electrons. The lowest BCUT2D eigenvalue weighted by Crippen LogP contribution is -2.27. The molecule has 0 fully saturated rings. The Balaban J connectivity index is 1.75. The lowest BCUT2D eigenvalue weighted by atomic mass is 10.1. The third kappa shape index (κ3) is 3.51. The van der Waals surface area contributed by atoms with Gasteiger partial charge in [0.05, 0.1) is 5.52 Å². The zero-order valence-corrected chi connectivity index (χ0v) is 13.3. The maximum absolute atomic E-state index is 13.3. The van der Waals surface area contributed by atoms with E-state index in [9.17, 15) is 14.0 Å². The van der Waals surface area contributed by atoms with Gasteiger partial charge < -0.3 is 9.88 Å². The molecule has 4 nitrogen and oxygen atoms in total. The molecule has 3 rings (SSSR count). The fourth-order valence-corrected chi connectivity index (χ4v) is 2.54. The number of pyridine rings is 1. The first-order valence-electron chi connectivity index (χ1n) is 7.64. The summed E-state index contributed by atoms with van der Waals surface area (Å²) in [5, 5.41) is 3.11. The highest BCUT2D eigenvalue weighted by molar-refractivity contribution is 5.82. The van der Waals surface area contributed by atoms with E-state index in [4.69, 9.17) is 0 Å². The fraction of sp³-hybridized carbons (Fsp3) is 0.158. The molecule has 0 aliphatic carbocycles. The van der Waals surface area contributed by atoms with E-state index in [2.05, 4.69) is 5.32 Å². The van der Waals surface area contributed by atoms with Crippen LogP contribution in [-0.2, 0) is 17.9 Å². The van der Waals surface area contributed by atoms with E-state index in [0.717, 1.165) is 11.1 Å². The van der Waals surface area contributed by atoms with Crippen LogP contribution in [0.1, 0.15) is 11.1 Å². The van der Waals surface area contributed by atoms with Crippen LogP contribution in [0.4, 0.5) is 4.39 Å². The lowest BCUT2D eigenvalue weighted by Gasteiger charge is -2.11. The van der Waals surface area contributed by atoms with Gasteiger partial charge in [0.15, 0.2) is 5.43 Å². The predicted molar refractivity (Wildman–Crippen MR) is 91.2 cm³/mol. The first kappa shape index (κ1) is 15.9. The predicted octanol–water partition coefficient (Wildman–Crippen LogP) is 2.77. The number of aromatic nitrogens is 1. The molecule has 1 amide bonds. The molecule has 1 N–H and O–H groups in total. The molecule has 0 spiro atoms. The number of nitrogens with zero attached hydrogens (tertiary/aromatic N) is 1. The number of amides is 1. The molecule has 1 aromatic heterocycles. The molecule has 0 bridgehead atoms. The summed E-state index contributed by atoms with van der Waals surface area (Å²) in [6, 6.07) is 13.2. The minimum atomic E-state index is -0.471. The van der Waals surface area contributed by atoms with Crippen molar-refractivity contribution in [2.24, 2.45) is 0 Å². The normalized spacial score (nSPS) is 10.8. The molecule has 0 atom stereocenters. The van der Waals surface area contributed by atoms with E-state index >= 15 is 0 Å². The topological polar surface area (TPSA) is 51.1 Å². The number of fused-ring (bicyclic) bond motifs is 1. The summed E-state index contributed by atoms with van der Waals surface area (Å²) in [6.07, 6.45) is 1.55. The van der Waals surface area contributed by atoms with Gasteiger partial charge in [-0.3, -0.25) is 9.59 Å². The van der Waals surface area contributed by atoms with Crippen molar-refractivity contribution in [3.05, 3.63) is 81.9 Å². The molecular formula is C19H17FN2O2. The molecular weight excluding hydrogens is 307 g/mol. The summed E-state index contributed by atoms with van der Waals surface area (Å²) in [5.74, 6) is -0.647. The van der Waals surface area contributed by atoms with Crippen LogP contribution in [0.2, 0.25) is 0 Å². The standard InChI is InChI=1S/C19H17FN2O2/c1-13-2-4-14(5-3-13)11-21-19(24)12-22-9-8-18(23)16-10-15(20)6-7-17(16)22/h2-10H,11-12H2,1H3,(H,21,24). The van der Waals surface area contributed by atoms with Crippen molar-refractivity contribution in [1.82, 2.24) is 9.88 Å². The van der Waals surface area contributed by atoms with Crippen LogP contribution in [0.25, 0.3) is 10.9 Å². The van der Waals surface area contributed by atoms with Gasteiger partial charge >= 0.3 is 0 Å². The Morgan fingerprint density at radius 1 is 1.12 bits per heavy atom. The summed E-state index contributed by atoms with van der Waals surface area (Å²) in [7, 11) is 0. The van der Waals surface area contributed by atoms with Gasteiger partial charge in [0.1, 0.15) is 12.4 Å². The molecule has 0 saturated carbocycles. The number of hydrogen-bond donors (Lipinski definition) is 1. The SMILES string of the molecule is Cc1ccc(CNC(=O)Cn2ccc(=O)c3cc(F)ccc32)cc1. The van der Waals surface area contributed by atoms with Crippen molar-refractivity contribution in [2.45, 2.75) is 20.0 Å². The fourth-order valence-electron chi connectivity index (χ4n) is 2.54. The monoisotopic (exact) mass is 324 g/mol. The van der Waals surface area contributed by atoms with Crippen molar-refractivity contribution < 1.29 is 9.18 Å². The van der Waals surface area contributed by atoms with Gasteiger partial charge in [-0.1, -0.05) is 29.8 Å². The highest BCUT2D eigenvalue weighted by Gasteiger charge is 2.08. The highest BCUT2D eigenvalue weighted by atomic mass is 19.1. The van der Waals surface area contributed by atoms with E-state index in [1.165, 1.54) is 24.3 Å². The molecule has 0 aliphatic rings. The van der Waals surface area contributed by atoms with Gasteiger partial charge in [-0.05, 0) is 30.7 Å². The summed E-state index contributed by atoms with van der Waals surface area (Å²) in [6.45, 7) is 2.51. The zero-order chi connectivity index (χ0) is 17.1. The third-order valence-electron chi connectivity index (χ3n) is 3.86. The smallest absolute Gasteiger partial charge is 0.240 e. The van der Waals surface area contributed by atoms with Crippen molar-refractivity contribution >= 4 is 16.8 Å². The molecule has 2 aromatic carbocycles. The molecule has 122 valence electrons. The summed E-state index contributed by atoms with van der Waals surface area (Å²) in [5.41, 5.74) is 2.45. The minimum absolute atomic E-state index is 0.0638. The van der Waals surface area contributed by atoms with Crippen LogP contribution in [-0.4, -0.2) is 10.5 Å². The molecule has 3 aromatic rings. The Bertz CT molecular complexity index is 946. The Morgan fingerprint density at radius 2 is 1.88 bits per heavy atom. The molecule has 0 saturated heterocycles. The van der Waals surface area contributed by atoms with Crippen molar-refractivity contribution in [2.75, 3.05) is 0 Å². The summed E-state index contributed by atoms with van der Waals surface area (Å²) >= 11 is 0. The van der Waals surface area contributed by atoms with E-state index < -0.39 is 5.82 Å². The van der Waals surface area contributed by atoms with Gasteiger partial charge in [0.2, 0.25) is 5.91 Å². The van der Waals surface area contributed by atoms with Crippen molar-refractivity contribution in [3.63, 3.8) is 0 Å².